The highest BCUT2D eigenvalue weighted by Gasteiger charge is 2.08. The Morgan fingerprint density at radius 2 is 1.89 bits per heavy atom. The van der Waals surface area contributed by atoms with E-state index in [1.165, 1.54) is 0 Å². The number of aryl methyl sites for hydroxylation is 1. The van der Waals surface area contributed by atoms with Gasteiger partial charge in [-0.2, -0.15) is 0 Å². The summed E-state index contributed by atoms with van der Waals surface area (Å²) in [6.45, 7) is 2.02. The molecule has 0 aliphatic heterocycles. The maximum absolute atomic E-state index is 11.9. The minimum atomic E-state index is -0.0190. The molecule has 3 heteroatoms. The molecule has 0 aliphatic rings. The molecule has 2 aromatic carbocycles. The van der Waals surface area contributed by atoms with Gasteiger partial charge >= 0.3 is 0 Å². The van der Waals surface area contributed by atoms with Crippen LogP contribution in [0.5, 0.6) is 5.75 Å². The Morgan fingerprint density at radius 3 is 2.56 bits per heavy atom. The Bertz CT molecular complexity index is 550. The molecule has 2 rings (SSSR count). The number of para-hydroxylation sites is 1. The van der Waals surface area contributed by atoms with Crippen molar-refractivity contribution in [3.05, 3.63) is 64.1 Å². The summed E-state index contributed by atoms with van der Waals surface area (Å²) < 4.78 is 6.43. The Hall–Kier alpha value is -1.61. The van der Waals surface area contributed by atoms with E-state index in [0.717, 1.165) is 10.0 Å². The number of Topliss-reactive ketones (excluding diaryl/α,β-unsaturated/α-hetero) is 1. The van der Waals surface area contributed by atoms with Crippen molar-refractivity contribution in [3.8, 4) is 5.75 Å². The van der Waals surface area contributed by atoms with Crippen molar-refractivity contribution >= 4 is 21.7 Å². The Labute approximate surface area is 115 Å². The van der Waals surface area contributed by atoms with Gasteiger partial charge in [0.25, 0.3) is 0 Å². The van der Waals surface area contributed by atoms with Gasteiger partial charge in [-0.15, -0.1) is 0 Å². The molecule has 0 aliphatic carbocycles. The summed E-state index contributed by atoms with van der Waals surface area (Å²) in [4.78, 5) is 11.9. The van der Waals surface area contributed by atoms with Crippen LogP contribution in [0.2, 0.25) is 0 Å². The zero-order valence-corrected chi connectivity index (χ0v) is 11.6. The number of halogens is 1. The van der Waals surface area contributed by atoms with E-state index >= 15 is 0 Å². The Kier molecular flexibility index (Phi) is 4.15. The number of carbonyl (C=O) groups is 1. The molecule has 0 amide bonds. The second kappa shape index (κ2) is 5.83. The number of carbonyl (C=O) groups excluding carboxylic acids is 1. The van der Waals surface area contributed by atoms with Crippen molar-refractivity contribution in [3.63, 3.8) is 0 Å². The van der Waals surface area contributed by atoms with Crippen LogP contribution in [-0.2, 0) is 0 Å². The van der Waals surface area contributed by atoms with E-state index in [1.807, 2.05) is 49.4 Å². The summed E-state index contributed by atoms with van der Waals surface area (Å²) in [6, 6.07) is 14.9. The molecule has 0 radical (unpaired) electrons. The molecule has 92 valence electrons. The molecule has 0 saturated carbocycles. The fraction of sp³-hybridized carbons (Fsp3) is 0.133. The van der Waals surface area contributed by atoms with Crippen molar-refractivity contribution in [2.24, 2.45) is 0 Å². The third-order valence-electron chi connectivity index (χ3n) is 2.59. The van der Waals surface area contributed by atoms with Gasteiger partial charge in [0.2, 0.25) is 0 Å². The number of ketones is 1. The van der Waals surface area contributed by atoms with Crippen LogP contribution in [0, 0.1) is 6.92 Å². The average molecular weight is 305 g/mol. The third kappa shape index (κ3) is 3.20. The number of hydrogen-bond donors (Lipinski definition) is 0. The monoisotopic (exact) mass is 304 g/mol. The van der Waals surface area contributed by atoms with Gasteiger partial charge in [-0.25, -0.2) is 0 Å². The first kappa shape index (κ1) is 12.8. The zero-order chi connectivity index (χ0) is 13.0. The van der Waals surface area contributed by atoms with Crippen molar-refractivity contribution in [2.45, 2.75) is 6.92 Å². The van der Waals surface area contributed by atoms with Gasteiger partial charge in [-0.1, -0.05) is 40.2 Å². The summed E-state index contributed by atoms with van der Waals surface area (Å²) in [7, 11) is 0. The van der Waals surface area contributed by atoms with Crippen LogP contribution < -0.4 is 4.74 Å². The van der Waals surface area contributed by atoms with E-state index in [0.29, 0.717) is 11.3 Å². The third-order valence-corrected chi connectivity index (χ3v) is 3.48. The maximum Gasteiger partial charge on any atom is 0.200 e. The standard InChI is InChI=1S/C15H13BrO2/c1-11-9-12(7-8-14(11)16)15(17)10-18-13-5-3-2-4-6-13/h2-9H,10H2,1H3. The van der Waals surface area contributed by atoms with Crippen LogP contribution >= 0.6 is 15.9 Å². The predicted molar refractivity (Wildman–Crippen MR) is 75.1 cm³/mol. The fourth-order valence-electron chi connectivity index (χ4n) is 1.57. The molecule has 0 atom stereocenters. The summed E-state index contributed by atoms with van der Waals surface area (Å²) in [5, 5.41) is 0. The topological polar surface area (TPSA) is 26.3 Å². The zero-order valence-electron chi connectivity index (χ0n) is 10.0. The van der Waals surface area contributed by atoms with Crippen LogP contribution in [0.4, 0.5) is 0 Å². The Balaban J connectivity index is 2.02. The molecule has 0 fully saturated rings. The molecular formula is C15H13BrO2. The highest BCUT2D eigenvalue weighted by atomic mass is 79.9. The molecule has 0 bridgehead atoms. The van der Waals surface area contributed by atoms with E-state index in [2.05, 4.69) is 15.9 Å². The molecule has 0 saturated heterocycles. The first-order valence-electron chi connectivity index (χ1n) is 5.64. The summed E-state index contributed by atoms with van der Waals surface area (Å²) in [6.07, 6.45) is 0. The lowest BCUT2D eigenvalue weighted by Crippen LogP contribution is -2.11. The first-order chi connectivity index (χ1) is 8.66. The smallest absolute Gasteiger partial charge is 0.200 e. The van der Waals surface area contributed by atoms with E-state index < -0.39 is 0 Å². The van der Waals surface area contributed by atoms with Crippen LogP contribution in [0.1, 0.15) is 15.9 Å². The van der Waals surface area contributed by atoms with Crippen LogP contribution in [0.3, 0.4) is 0 Å². The molecule has 0 N–H and O–H groups in total. The van der Waals surface area contributed by atoms with E-state index in [4.69, 9.17) is 4.74 Å². The van der Waals surface area contributed by atoms with Crippen LogP contribution in [0.15, 0.2) is 53.0 Å². The van der Waals surface area contributed by atoms with Gasteiger partial charge < -0.3 is 4.74 Å². The average Bonchev–Trinajstić information content (AvgIpc) is 2.40. The lowest BCUT2D eigenvalue weighted by atomic mass is 10.1. The van der Waals surface area contributed by atoms with Crippen molar-refractivity contribution in [1.82, 2.24) is 0 Å². The van der Waals surface area contributed by atoms with Gasteiger partial charge in [0.1, 0.15) is 5.75 Å². The van der Waals surface area contributed by atoms with Gasteiger partial charge in [0, 0.05) is 10.0 Å². The largest absolute Gasteiger partial charge is 0.485 e. The molecule has 2 nitrogen and oxygen atoms in total. The number of rotatable bonds is 4. The SMILES string of the molecule is Cc1cc(C(=O)COc2ccccc2)ccc1Br. The predicted octanol–water partition coefficient (Wildman–Crippen LogP) is 4.02. The summed E-state index contributed by atoms with van der Waals surface area (Å²) in [5.41, 5.74) is 1.71. The van der Waals surface area contributed by atoms with E-state index in [-0.39, 0.29) is 12.4 Å². The molecule has 0 spiro atoms. The molecule has 0 aromatic heterocycles. The van der Waals surface area contributed by atoms with Crippen molar-refractivity contribution in [2.75, 3.05) is 6.61 Å². The minimum Gasteiger partial charge on any atom is -0.485 e. The lowest BCUT2D eigenvalue weighted by Gasteiger charge is -2.06. The van der Waals surface area contributed by atoms with E-state index in [9.17, 15) is 4.79 Å². The van der Waals surface area contributed by atoms with Gasteiger partial charge in [0.05, 0.1) is 0 Å². The lowest BCUT2D eigenvalue weighted by molar-refractivity contribution is 0.0921. The maximum atomic E-state index is 11.9. The second-order valence-electron chi connectivity index (χ2n) is 3.99. The second-order valence-corrected chi connectivity index (χ2v) is 4.84. The normalized spacial score (nSPS) is 10.1. The van der Waals surface area contributed by atoms with Gasteiger partial charge in [-0.3, -0.25) is 4.79 Å². The quantitative estimate of drug-likeness (QED) is 0.798. The number of ether oxygens (including phenoxy) is 1. The van der Waals surface area contributed by atoms with Crippen LogP contribution in [0.25, 0.3) is 0 Å². The fourth-order valence-corrected chi connectivity index (χ4v) is 1.81. The van der Waals surface area contributed by atoms with Crippen LogP contribution in [-0.4, -0.2) is 12.4 Å². The highest BCUT2D eigenvalue weighted by Crippen LogP contribution is 2.17. The molecule has 0 unspecified atom stereocenters. The van der Waals surface area contributed by atoms with Gasteiger partial charge in [0.15, 0.2) is 12.4 Å². The minimum absolute atomic E-state index is 0.0190. The van der Waals surface area contributed by atoms with Gasteiger partial charge in [-0.05, 0) is 36.8 Å². The summed E-state index contributed by atoms with van der Waals surface area (Å²) >= 11 is 3.41. The van der Waals surface area contributed by atoms with Crippen molar-refractivity contribution in [1.29, 1.82) is 0 Å². The summed E-state index contributed by atoms with van der Waals surface area (Å²) in [5.74, 6) is 0.689. The molecular weight excluding hydrogens is 292 g/mol. The molecule has 18 heavy (non-hydrogen) atoms. The number of hydrogen-bond acceptors (Lipinski definition) is 2. The molecule has 2 aromatic rings. The molecule has 0 heterocycles. The first-order valence-corrected chi connectivity index (χ1v) is 6.43. The highest BCUT2D eigenvalue weighted by molar-refractivity contribution is 9.10. The van der Waals surface area contributed by atoms with Crippen molar-refractivity contribution < 1.29 is 9.53 Å². The number of benzene rings is 2. The Morgan fingerprint density at radius 1 is 1.17 bits per heavy atom. The van der Waals surface area contributed by atoms with E-state index in [1.54, 1.807) is 6.07 Å².